The van der Waals surface area contributed by atoms with Crippen molar-refractivity contribution in [3.05, 3.63) is 59.4 Å². The number of amides is 1. The monoisotopic (exact) mass is 576 g/mol. The lowest BCUT2D eigenvalue weighted by Gasteiger charge is -2.38. The number of hydrogen-bond acceptors (Lipinski definition) is 6. The van der Waals surface area contributed by atoms with Gasteiger partial charge in [0.05, 0.1) is 22.9 Å². The van der Waals surface area contributed by atoms with E-state index < -0.39 is 5.82 Å². The van der Waals surface area contributed by atoms with Gasteiger partial charge in [-0.15, -0.1) is 0 Å². The third-order valence-electron chi connectivity index (χ3n) is 9.46. The van der Waals surface area contributed by atoms with Crippen molar-refractivity contribution < 1.29 is 18.8 Å². The second-order valence-corrected chi connectivity index (χ2v) is 13.1. The van der Waals surface area contributed by atoms with E-state index in [1.807, 2.05) is 36.0 Å². The minimum atomic E-state index is -0.495. The zero-order valence-corrected chi connectivity index (χ0v) is 24.1. The van der Waals surface area contributed by atoms with Crippen LogP contribution in [0.2, 0.25) is 0 Å². The van der Waals surface area contributed by atoms with Crippen LogP contribution >= 0.6 is 11.8 Å². The Hall–Kier alpha value is -3.07. The highest BCUT2D eigenvalue weighted by atomic mass is 32.2. The third kappa shape index (κ3) is 6.25. The molecule has 2 fully saturated rings. The van der Waals surface area contributed by atoms with E-state index in [2.05, 4.69) is 20.3 Å². The van der Waals surface area contributed by atoms with Crippen LogP contribution in [-0.2, 0) is 11.2 Å². The van der Waals surface area contributed by atoms with Crippen molar-refractivity contribution in [3.63, 3.8) is 0 Å². The van der Waals surface area contributed by atoms with Gasteiger partial charge in [0.2, 0.25) is 0 Å². The molecule has 1 aromatic carbocycles. The third-order valence-corrected chi connectivity index (χ3v) is 10.5. The van der Waals surface area contributed by atoms with E-state index in [-0.39, 0.29) is 41.9 Å². The molecule has 2 atom stereocenters. The second kappa shape index (κ2) is 12.4. The topological polar surface area (TPSA) is 105 Å². The molecular weight excluding hydrogens is 539 g/mol. The molecule has 0 spiro atoms. The van der Waals surface area contributed by atoms with Gasteiger partial charge < -0.3 is 10.3 Å². The van der Waals surface area contributed by atoms with Gasteiger partial charge in [-0.1, -0.05) is 12.1 Å². The van der Waals surface area contributed by atoms with Crippen LogP contribution in [0, 0.1) is 29.5 Å². The number of H-pyrrole nitrogens is 1. The minimum absolute atomic E-state index is 0.0234. The fourth-order valence-electron chi connectivity index (χ4n) is 7.22. The lowest BCUT2D eigenvalue weighted by atomic mass is 9.68. The maximum Gasteiger partial charge on any atom is 0.287 e. The average Bonchev–Trinajstić information content (AvgIpc) is 3.44. The number of carbonyl (C=O) groups excluding carboxylic acids is 3. The summed E-state index contributed by atoms with van der Waals surface area (Å²) >= 11 is 1.95. The molecule has 2 N–H and O–H groups in total. The molecule has 0 bridgehead atoms. The van der Waals surface area contributed by atoms with Gasteiger partial charge in [-0.2, -0.15) is 11.8 Å². The average molecular weight is 577 g/mol. The van der Waals surface area contributed by atoms with Gasteiger partial charge in [0.15, 0.2) is 11.6 Å². The van der Waals surface area contributed by atoms with Gasteiger partial charge in [0.1, 0.15) is 11.6 Å². The normalized spacial score (nSPS) is 26.5. The molecule has 7 nitrogen and oxygen atoms in total. The summed E-state index contributed by atoms with van der Waals surface area (Å²) in [6.07, 6.45) is 8.39. The lowest BCUT2D eigenvalue weighted by molar-refractivity contribution is -0.131. The zero-order chi connectivity index (χ0) is 28.3. The molecule has 3 heterocycles. The molecule has 6 rings (SSSR count). The largest absolute Gasteiger partial charge is 0.347 e. The Kier molecular flexibility index (Phi) is 8.51. The number of hydrogen-bond donors (Lipinski definition) is 2. The number of thioether (sulfide) groups is 1. The Balaban J connectivity index is 1.16. The molecule has 2 unspecified atom stereocenters. The minimum Gasteiger partial charge on any atom is -0.347 e. The van der Waals surface area contributed by atoms with Crippen LogP contribution in [0.4, 0.5) is 4.39 Å². The first-order valence-electron chi connectivity index (χ1n) is 15.0. The van der Waals surface area contributed by atoms with Gasteiger partial charge in [-0.3, -0.25) is 19.4 Å². The number of para-hydroxylation sites is 2. The molecule has 41 heavy (non-hydrogen) atoms. The van der Waals surface area contributed by atoms with Crippen molar-refractivity contribution in [2.24, 2.45) is 23.7 Å². The summed E-state index contributed by atoms with van der Waals surface area (Å²) in [6.45, 7) is 0. The van der Waals surface area contributed by atoms with Gasteiger partial charge in [-0.05, 0) is 99.3 Å². The Morgan fingerprint density at radius 1 is 0.927 bits per heavy atom. The van der Waals surface area contributed by atoms with Gasteiger partial charge >= 0.3 is 0 Å². The highest BCUT2D eigenvalue weighted by molar-refractivity contribution is 7.99. The quantitative estimate of drug-likeness (QED) is 0.398. The Labute approximate surface area is 243 Å². The number of aromatic amines is 1. The number of aromatic nitrogens is 3. The van der Waals surface area contributed by atoms with Crippen molar-refractivity contribution in [2.75, 3.05) is 11.5 Å². The number of imidazole rings is 1. The predicted octanol–water partition coefficient (Wildman–Crippen LogP) is 5.94. The Morgan fingerprint density at radius 3 is 2.39 bits per heavy atom. The van der Waals surface area contributed by atoms with E-state index in [1.54, 1.807) is 0 Å². The van der Waals surface area contributed by atoms with Crippen LogP contribution in [0.5, 0.6) is 0 Å². The van der Waals surface area contributed by atoms with Crippen molar-refractivity contribution in [1.82, 2.24) is 20.3 Å². The fraction of sp³-hybridized carbons (Fsp3) is 0.531. The molecule has 2 aromatic heterocycles. The van der Waals surface area contributed by atoms with Crippen molar-refractivity contribution in [2.45, 2.75) is 70.3 Å². The first-order chi connectivity index (χ1) is 20.0. The highest BCUT2D eigenvalue weighted by Crippen LogP contribution is 2.40. The molecule has 0 radical (unpaired) electrons. The van der Waals surface area contributed by atoms with Gasteiger partial charge in [0.25, 0.3) is 5.91 Å². The molecule has 1 aliphatic heterocycles. The number of Topliss-reactive ketones (excluding diaryl/α,β-unsaturated/α-hetero) is 2. The van der Waals surface area contributed by atoms with Gasteiger partial charge in [-0.25, -0.2) is 9.37 Å². The summed E-state index contributed by atoms with van der Waals surface area (Å²) in [5.41, 5.74) is 2.60. The fourth-order valence-corrected chi connectivity index (χ4v) is 8.36. The van der Waals surface area contributed by atoms with Crippen LogP contribution in [0.15, 0.2) is 36.5 Å². The maximum atomic E-state index is 14.3. The smallest absolute Gasteiger partial charge is 0.287 e. The molecule has 3 aromatic rings. The van der Waals surface area contributed by atoms with E-state index in [0.29, 0.717) is 48.0 Å². The molecule has 1 saturated heterocycles. The molecule has 216 valence electrons. The SMILES string of the molecule is O=C(NC1CCC(C2CCC(=O)c3cc(F)cnc3CCC(C3CCSCC3)C2=O)CC1)c1nc2ccccc2[nH]1. The first kappa shape index (κ1) is 28.1. The number of carbonyl (C=O) groups is 3. The molecule has 3 aliphatic rings. The van der Waals surface area contributed by atoms with Crippen LogP contribution < -0.4 is 5.32 Å². The molecular formula is C32H37FN4O3S. The molecule has 2 aliphatic carbocycles. The number of benzene rings is 1. The summed E-state index contributed by atoms with van der Waals surface area (Å²) in [5, 5.41) is 3.14. The van der Waals surface area contributed by atoms with Crippen LogP contribution in [0.25, 0.3) is 11.0 Å². The van der Waals surface area contributed by atoms with E-state index in [1.165, 1.54) is 12.3 Å². The number of halogens is 1. The highest BCUT2D eigenvalue weighted by Gasteiger charge is 2.39. The van der Waals surface area contributed by atoms with Crippen LogP contribution in [-0.4, -0.2) is 50.0 Å². The standard InChI is InChI=1S/C32H37FN4O3S/c33-21-17-25-26(34-18-21)11-9-23(20-13-15-41-16-14-20)30(39)24(10-12-29(25)38)19-5-7-22(8-6-19)35-32(40)31-36-27-3-1-2-4-28(27)37-31/h1-4,17-20,22-24H,5-16H2,(H,35,40)(H,36,37). The maximum absolute atomic E-state index is 14.3. The number of nitrogens with zero attached hydrogens (tertiary/aromatic N) is 2. The van der Waals surface area contributed by atoms with E-state index >= 15 is 0 Å². The van der Waals surface area contributed by atoms with Crippen LogP contribution in [0.1, 0.15) is 84.5 Å². The van der Waals surface area contributed by atoms with E-state index in [0.717, 1.165) is 61.1 Å². The Morgan fingerprint density at radius 2 is 1.63 bits per heavy atom. The number of pyridine rings is 1. The molecule has 1 amide bonds. The number of ketones is 2. The van der Waals surface area contributed by atoms with Crippen molar-refractivity contribution in [1.29, 1.82) is 0 Å². The Bertz CT molecular complexity index is 1390. The summed E-state index contributed by atoms with van der Waals surface area (Å²) in [6, 6.07) is 8.92. The number of fused-ring (bicyclic) bond motifs is 2. The summed E-state index contributed by atoms with van der Waals surface area (Å²) in [5.74, 6) is 2.25. The first-order valence-corrected chi connectivity index (χ1v) is 16.2. The van der Waals surface area contributed by atoms with Crippen LogP contribution in [0.3, 0.4) is 0 Å². The van der Waals surface area contributed by atoms with E-state index in [9.17, 15) is 18.8 Å². The number of aryl methyl sites for hydroxylation is 1. The van der Waals surface area contributed by atoms with Gasteiger partial charge in [0, 0.05) is 29.9 Å². The molecule has 1 saturated carbocycles. The summed E-state index contributed by atoms with van der Waals surface area (Å²) in [7, 11) is 0. The van der Waals surface area contributed by atoms with Crippen molar-refractivity contribution >= 4 is 40.3 Å². The van der Waals surface area contributed by atoms with E-state index in [4.69, 9.17) is 0 Å². The van der Waals surface area contributed by atoms with Crippen molar-refractivity contribution in [3.8, 4) is 0 Å². The summed E-state index contributed by atoms with van der Waals surface area (Å²) in [4.78, 5) is 52.2. The second-order valence-electron chi connectivity index (χ2n) is 11.9. The summed E-state index contributed by atoms with van der Waals surface area (Å²) < 4.78 is 14.1. The number of nitrogens with one attached hydrogen (secondary N) is 2. The number of rotatable bonds is 4. The molecule has 9 heteroatoms. The zero-order valence-electron chi connectivity index (χ0n) is 23.2. The predicted molar refractivity (Wildman–Crippen MR) is 157 cm³/mol. The lowest BCUT2D eigenvalue weighted by Crippen LogP contribution is -2.41.